The second-order valence-corrected chi connectivity index (χ2v) is 4.94. The molecule has 0 fully saturated rings. The van der Waals surface area contributed by atoms with Crippen LogP contribution < -0.4 is 10.5 Å². The summed E-state index contributed by atoms with van der Waals surface area (Å²) in [5.41, 5.74) is 5.13. The summed E-state index contributed by atoms with van der Waals surface area (Å²) in [4.78, 5) is 10.3. The molecule has 4 N–H and O–H groups in total. The van der Waals surface area contributed by atoms with E-state index in [4.69, 9.17) is 22.4 Å². The van der Waals surface area contributed by atoms with E-state index in [1.807, 2.05) is 0 Å². The number of nitrogens with two attached hydrogens (primary N) is 1. The lowest BCUT2D eigenvalue weighted by Gasteiger charge is -2.07. The smallest absolute Gasteiger partial charge is 0.320 e. The van der Waals surface area contributed by atoms with Gasteiger partial charge in [-0.15, -0.1) is 11.6 Å². The molecule has 0 saturated heterocycles. The summed E-state index contributed by atoms with van der Waals surface area (Å²) in [6.45, 7) is 0.131. The maximum Gasteiger partial charge on any atom is 0.320 e. The summed E-state index contributed by atoms with van der Waals surface area (Å²) in [5.74, 6) is -1.35. The Morgan fingerprint density at radius 2 is 2.14 bits per heavy atom. The molecule has 84 valence electrons. The fraction of sp³-hybridized carbons (Fsp3) is 0.833. The van der Waals surface area contributed by atoms with Crippen LogP contribution in [-0.4, -0.2) is 43.7 Å². The van der Waals surface area contributed by atoms with Crippen LogP contribution in [0.1, 0.15) is 6.42 Å². The number of nitrogens with one attached hydrogen (secondary N) is 1. The summed E-state index contributed by atoms with van der Waals surface area (Å²) < 4.78 is 24.4. The number of halogens is 1. The Bertz CT molecular complexity index is 280. The molecule has 1 atom stereocenters. The summed E-state index contributed by atoms with van der Waals surface area (Å²) in [7, 11) is -3.45. The van der Waals surface area contributed by atoms with E-state index in [1.54, 1.807) is 0 Å². The van der Waals surface area contributed by atoms with E-state index in [9.17, 15) is 13.2 Å². The highest BCUT2D eigenvalue weighted by Crippen LogP contribution is 1.94. The second kappa shape index (κ2) is 6.18. The van der Waals surface area contributed by atoms with E-state index >= 15 is 0 Å². The van der Waals surface area contributed by atoms with Crippen molar-refractivity contribution in [2.75, 3.05) is 18.2 Å². The number of carboxylic acid groups (broad SMARTS) is 1. The number of rotatable bonds is 7. The number of aliphatic carboxylic acids is 1. The quantitative estimate of drug-likeness (QED) is 0.495. The molecule has 0 aliphatic rings. The molecule has 0 aromatic carbocycles. The lowest BCUT2D eigenvalue weighted by atomic mass is 10.2. The van der Waals surface area contributed by atoms with Crippen molar-refractivity contribution in [3.05, 3.63) is 0 Å². The molecule has 0 amide bonds. The molecule has 0 spiro atoms. The van der Waals surface area contributed by atoms with Gasteiger partial charge in [0.2, 0.25) is 10.0 Å². The molecule has 0 rings (SSSR count). The van der Waals surface area contributed by atoms with Crippen LogP contribution in [0, 0.1) is 0 Å². The number of hydrogen-bond acceptors (Lipinski definition) is 4. The third-order valence-electron chi connectivity index (χ3n) is 1.43. The van der Waals surface area contributed by atoms with Crippen LogP contribution in [0.25, 0.3) is 0 Å². The average Bonchev–Trinajstić information content (AvgIpc) is 2.11. The predicted molar refractivity (Wildman–Crippen MR) is 52.7 cm³/mol. The number of alkyl halides is 1. The minimum Gasteiger partial charge on any atom is -0.480 e. The Balaban J connectivity index is 3.93. The highest BCUT2D eigenvalue weighted by atomic mass is 35.5. The lowest BCUT2D eigenvalue weighted by molar-refractivity contribution is -0.138. The van der Waals surface area contributed by atoms with E-state index in [-0.39, 0.29) is 24.6 Å². The predicted octanol–water partition coefficient (Wildman–Crippen LogP) is -1.05. The first-order valence-corrected chi connectivity index (χ1v) is 6.09. The maximum absolute atomic E-state index is 11.1. The van der Waals surface area contributed by atoms with E-state index in [0.29, 0.717) is 0 Å². The zero-order valence-electron chi connectivity index (χ0n) is 7.44. The van der Waals surface area contributed by atoms with Gasteiger partial charge in [0.25, 0.3) is 0 Å². The van der Waals surface area contributed by atoms with E-state index in [0.717, 1.165) is 0 Å². The van der Waals surface area contributed by atoms with Crippen molar-refractivity contribution < 1.29 is 18.3 Å². The molecule has 8 heteroatoms. The topological polar surface area (TPSA) is 109 Å². The number of sulfonamides is 1. The first kappa shape index (κ1) is 13.6. The second-order valence-electron chi connectivity index (χ2n) is 2.64. The fourth-order valence-corrected chi connectivity index (χ4v) is 2.00. The van der Waals surface area contributed by atoms with Gasteiger partial charge in [0.1, 0.15) is 6.04 Å². The monoisotopic (exact) mass is 244 g/mol. The standard InChI is InChI=1S/C6H13ClN2O4S/c7-2-3-9-14(12,13)4-1-5(8)6(10)11/h5,9H,1-4,8H2,(H,10,11). The van der Waals surface area contributed by atoms with Gasteiger partial charge in [-0.25, -0.2) is 13.1 Å². The minimum atomic E-state index is -3.45. The minimum absolute atomic E-state index is 0.118. The van der Waals surface area contributed by atoms with Crippen LogP contribution in [0.4, 0.5) is 0 Å². The Hall–Kier alpha value is -0.370. The highest BCUT2D eigenvalue weighted by Gasteiger charge is 2.16. The van der Waals surface area contributed by atoms with Crippen LogP contribution in [0.5, 0.6) is 0 Å². The first-order chi connectivity index (χ1) is 6.39. The number of carbonyl (C=O) groups is 1. The molecule has 0 aliphatic carbocycles. The summed E-state index contributed by atoms with van der Waals surface area (Å²) in [5, 5.41) is 8.39. The molecule has 1 unspecified atom stereocenters. The van der Waals surface area contributed by atoms with Crippen LogP contribution >= 0.6 is 11.6 Å². The molecule has 14 heavy (non-hydrogen) atoms. The summed E-state index contributed by atoms with van der Waals surface area (Å²) >= 11 is 5.27. The van der Waals surface area contributed by atoms with E-state index < -0.39 is 22.0 Å². The largest absolute Gasteiger partial charge is 0.480 e. The van der Waals surface area contributed by atoms with Crippen molar-refractivity contribution in [1.29, 1.82) is 0 Å². The molecule has 0 aliphatic heterocycles. The summed E-state index contributed by atoms with van der Waals surface area (Å²) in [6.07, 6.45) is -0.118. The van der Waals surface area contributed by atoms with Gasteiger partial charge >= 0.3 is 5.97 Å². The SMILES string of the molecule is NC(CCS(=O)(=O)NCCCl)C(=O)O. The zero-order valence-corrected chi connectivity index (χ0v) is 9.01. The van der Waals surface area contributed by atoms with E-state index in [1.165, 1.54) is 0 Å². The summed E-state index contributed by atoms with van der Waals surface area (Å²) in [6, 6.07) is -1.15. The van der Waals surface area contributed by atoms with Gasteiger partial charge in [-0.05, 0) is 6.42 Å². The molecule has 6 nitrogen and oxygen atoms in total. The molecule has 0 bridgehead atoms. The third kappa shape index (κ3) is 6.14. The van der Waals surface area contributed by atoms with Crippen LogP contribution in [0.3, 0.4) is 0 Å². The molecule has 0 aromatic rings. The highest BCUT2D eigenvalue weighted by molar-refractivity contribution is 7.89. The van der Waals surface area contributed by atoms with Gasteiger partial charge in [0.05, 0.1) is 5.75 Å². The van der Waals surface area contributed by atoms with Gasteiger partial charge in [-0.3, -0.25) is 4.79 Å². The van der Waals surface area contributed by atoms with Gasteiger partial charge in [0.15, 0.2) is 0 Å². The third-order valence-corrected chi connectivity index (χ3v) is 3.04. The maximum atomic E-state index is 11.1. The van der Waals surface area contributed by atoms with Crippen molar-refractivity contribution in [1.82, 2.24) is 4.72 Å². The van der Waals surface area contributed by atoms with Gasteiger partial charge in [-0.1, -0.05) is 0 Å². The Morgan fingerprint density at radius 3 is 2.57 bits per heavy atom. The first-order valence-electron chi connectivity index (χ1n) is 3.90. The van der Waals surface area contributed by atoms with Crippen molar-refractivity contribution in [3.8, 4) is 0 Å². The van der Waals surface area contributed by atoms with Crippen molar-refractivity contribution >= 4 is 27.6 Å². The molecule has 0 radical (unpaired) electrons. The molecular formula is C6H13ClN2O4S. The Labute approximate surface area is 87.5 Å². The molecule has 0 aromatic heterocycles. The van der Waals surface area contributed by atoms with Gasteiger partial charge in [0, 0.05) is 12.4 Å². The van der Waals surface area contributed by atoms with Gasteiger partial charge < -0.3 is 10.8 Å². The van der Waals surface area contributed by atoms with Crippen molar-refractivity contribution in [2.45, 2.75) is 12.5 Å². The molecule has 0 saturated carbocycles. The number of hydrogen-bond donors (Lipinski definition) is 3. The van der Waals surface area contributed by atoms with Crippen molar-refractivity contribution in [2.24, 2.45) is 5.73 Å². The lowest BCUT2D eigenvalue weighted by Crippen LogP contribution is -2.35. The Morgan fingerprint density at radius 1 is 1.57 bits per heavy atom. The molecule has 0 heterocycles. The zero-order chi connectivity index (χ0) is 11.2. The van der Waals surface area contributed by atoms with Crippen LogP contribution in [0.2, 0.25) is 0 Å². The number of carboxylic acids is 1. The van der Waals surface area contributed by atoms with Gasteiger partial charge in [-0.2, -0.15) is 0 Å². The molecular weight excluding hydrogens is 232 g/mol. The van der Waals surface area contributed by atoms with Crippen LogP contribution in [0.15, 0.2) is 0 Å². The fourth-order valence-electron chi connectivity index (χ4n) is 0.672. The Kier molecular flexibility index (Phi) is 6.01. The normalized spacial score (nSPS) is 13.9. The van der Waals surface area contributed by atoms with E-state index in [2.05, 4.69) is 4.72 Å². The van der Waals surface area contributed by atoms with Crippen molar-refractivity contribution in [3.63, 3.8) is 0 Å². The van der Waals surface area contributed by atoms with Crippen LogP contribution in [-0.2, 0) is 14.8 Å². The average molecular weight is 245 g/mol.